The molecule has 1 atom stereocenters. The van der Waals surface area contributed by atoms with Gasteiger partial charge in [-0.05, 0) is 31.0 Å². The van der Waals surface area contributed by atoms with Gasteiger partial charge in [0.1, 0.15) is 5.75 Å². The molecule has 2 aliphatic heterocycles. The third kappa shape index (κ3) is 1.69. The molecule has 90 valence electrons. The molecule has 4 heteroatoms. The molecule has 2 heterocycles. The van der Waals surface area contributed by atoms with Crippen molar-refractivity contribution in [1.82, 2.24) is 5.32 Å². The smallest absolute Gasteiger partial charge is 0.231 e. The van der Waals surface area contributed by atoms with Crippen molar-refractivity contribution in [2.24, 2.45) is 0 Å². The van der Waals surface area contributed by atoms with E-state index in [0.717, 1.165) is 37.2 Å². The Bertz CT molecular complexity index is 453. The Balaban J connectivity index is 1.98. The summed E-state index contributed by atoms with van der Waals surface area (Å²) >= 11 is 0. The maximum Gasteiger partial charge on any atom is 0.231 e. The second-order valence-electron chi connectivity index (χ2n) is 4.73. The van der Waals surface area contributed by atoms with E-state index in [1.807, 2.05) is 6.07 Å². The van der Waals surface area contributed by atoms with E-state index in [-0.39, 0.29) is 17.7 Å². The van der Waals surface area contributed by atoms with E-state index in [4.69, 9.17) is 0 Å². The van der Waals surface area contributed by atoms with Crippen molar-refractivity contribution in [3.63, 3.8) is 0 Å². The lowest BCUT2D eigenvalue weighted by molar-refractivity contribution is -0.117. The number of hydrogen-bond donors (Lipinski definition) is 2. The third-order valence-electron chi connectivity index (χ3n) is 3.59. The van der Waals surface area contributed by atoms with E-state index in [9.17, 15) is 9.90 Å². The number of phenols is 1. The Labute approximate surface area is 100 Å². The predicted molar refractivity (Wildman–Crippen MR) is 65.2 cm³/mol. The van der Waals surface area contributed by atoms with Crippen LogP contribution in [-0.2, 0) is 11.2 Å². The SMILES string of the molecule is O=C1Cc2cccc(O)c2N1C1CCCNC1. The molecule has 1 aromatic rings. The molecular formula is C13H16N2O2. The zero-order valence-corrected chi connectivity index (χ0v) is 9.65. The Hall–Kier alpha value is -1.55. The fraction of sp³-hybridized carbons (Fsp3) is 0.462. The monoisotopic (exact) mass is 232 g/mol. The molecule has 1 aromatic carbocycles. The number of carbonyl (C=O) groups excluding carboxylic acids is 1. The number of nitrogens with zero attached hydrogens (tertiary/aromatic N) is 1. The number of para-hydroxylation sites is 1. The average molecular weight is 232 g/mol. The summed E-state index contributed by atoms with van der Waals surface area (Å²) in [6, 6.07) is 5.55. The topological polar surface area (TPSA) is 52.6 Å². The van der Waals surface area contributed by atoms with E-state index < -0.39 is 0 Å². The normalized spacial score (nSPS) is 23.9. The summed E-state index contributed by atoms with van der Waals surface area (Å²) < 4.78 is 0. The third-order valence-corrected chi connectivity index (χ3v) is 3.59. The highest BCUT2D eigenvalue weighted by Gasteiger charge is 2.35. The largest absolute Gasteiger partial charge is 0.506 e. The number of hydrogen-bond acceptors (Lipinski definition) is 3. The lowest BCUT2D eigenvalue weighted by Gasteiger charge is -2.32. The van der Waals surface area contributed by atoms with Gasteiger partial charge in [-0.15, -0.1) is 0 Å². The molecule has 0 bridgehead atoms. The van der Waals surface area contributed by atoms with Crippen LogP contribution in [0.15, 0.2) is 18.2 Å². The van der Waals surface area contributed by atoms with Crippen LogP contribution >= 0.6 is 0 Å². The number of amides is 1. The van der Waals surface area contributed by atoms with Crippen LogP contribution in [0.5, 0.6) is 5.75 Å². The lowest BCUT2D eigenvalue weighted by atomic mass is 10.1. The van der Waals surface area contributed by atoms with E-state index >= 15 is 0 Å². The summed E-state index contributed by atoms with van der Waals surface area (Å²) in [5.41, 5.74) is 1.67. The average Bonchev–Trinajstić information content (AvgIpc) is 2.68. The maximum atomic E-state index is 12.1. The number of piperidine rings is 1. The standard InChI is InChI=1S/C13H16N2O2/c16-11-5-1-3-9-7-12(17)15(13(9)11)10-4-2-6-14-8-10/h1,3,5,10,14,16H,2,4,6-8H2. The molecule has 1 unspecified atom stereocenters. The quantitative estimate of drug-likeness (QED) is 0.760. The minimum atomic E-state index is 0.107. The second kappa shape index (κ2) is 4.04. The molecule has 1 fully saturated rings. The number of rotatable bonds is 1. The molecule has 0 aliphatic carbocycles. The molecule has 1 saturated heterocycles. The Morgan fingerprint density at radius 2 is 2.29 bits per heavy atom. The number of anilines is 1. The molecule has 0 spiro atoms. The van der Waals surface area contributed by atoms with Gasteiger partial charge in [-0.2, -0.15) is 0 Å². The van der Waals surface area contributed by atoms with Gasteiger partial charge in [0, 0.05) is 12.6 Å². The van der Waals surface area contributed by atoms with E-state index in [1.165, 1.54) is 0 Å². The highest BCUT2D eigenvalue weighted by Crippen LogP contribution is 2.38. The molecule has 0 saturated carbocycles. The van der Waals surface area contributed by atoms with E-state index in [0.29, 0.717) is 6.42 Å². The summed E-state index contributed by atoms with van der Waals surface area (Å²) in [5, 5.41) is 13.2. The van der Waals surface area contributed by atoms with Crippen LogP contribution in [0.4, 0.5) is 5.69 Å². The zero-order valence-electron chi connectivity index (χ0n) is 9.65. The van der Waals surface area contributed by atoms with Crippen LogP contribution in [0, 0.1) is 0 Å². The van der Waals surface area contributed by atoms with Crippen LogP contribution in [0.1, 0.15) is 18.4 Å². The number of nitrogens with one attached hydrogen (secondary N) is 1. The van der Waals surface area contributed by atoms with E-state index in [2.05, 4.69) is 5.32 Å². The minimum absolute atomic E-state index is 0.107. The molecule has 1 amide bonds. The molecule has 3 rings (SSSR count). The van der Waals surface area contributed by atoms with Crippen molar-refractivity contribution in [1.29, 1.82) is 0 Å². The summed E-state index contributed by atoms with van der Waals surface area (Å²) in [6.45, 7) is 1.84. The molecular weight excluding hydrogens is 216 g/mol. The van der Waals surface area contributed by atoms with Crippen LogP contribution < -0.4 is 10.2 Å². The highest BCUT2D eigenvalue weighted by atomic mass is 16.3. The van der Waals surface area contributed by atoms with Gasteiger partial charge in [0.15, 0.2) is 0 Å². The number of fused-ring (bicyclic) bond motifs is 1. The number of carbonyl (C=O) groups is 1. The summed E-state index contributed by atoms with van der Waals surface area (Å²) in [4.78, 5) is 13.9. The van der Waals surface area contributed by atoms with Gasteiger partial charge in [0.25, 0.3) is 0 Å². The minimum Gasteiger partial charge on any atom is -0.506 e. The highest BCUT2D eigenvalue weighted by molar-refractivity contribution is 6.03. The first-order chi connectivity index (χ1) is 8.27. The number of aromatic hydroxyl groups is 1. The van der Waals surface area contributed by atoms with Gasteiger partial charge in [-0.1, -0.05) is 12.1 Å². The fourth-order valence-corrected chi connectivity index (χ4v) is 2.81. The Morgan fingerprint density at radius 1 is 1.41 bits per heavy atom. The van der Waals surface area contributed by atoms with Crippen molar-refractivity contribution in [2.45, 2.75) is 25.3 Å². The van der Waals surface area contributed by atoms with Crippen molar-refractivity contribution < 1.29 is 9.90 Å². The fourth-order valence-electron chi connectivity index (χ4n) is 2.81. The molecule has 2 aliphatic rings. The van der Waals surface area contributed by atoms with Crippen molar-refractivity contribution >= 4 is 11.6 Å². The van der Waals surface area contributed by atoms with Gasteiger partial charge in [0.05, 0.1) is 12.1 Å². The lowest BCUT2D eigenvalue weighted by Crippen LogP contribution is -2.47. The predicted octanol–water partition coefficient (Wildman–Crippen LogP) is 1.03. The van der Waals surface area contributed by atoms with Gasteiger partial charge in [-0.3, -0.25) is 4.79 Å². The molecule has 0 radical (unpaired) electrons. The first-order valence-corrected chi connectivity index (χ1v) is 6.11. The van der Waals surface area contributed by atoms with Gasteiger partial charge >= 0.3 is 0 Å². The number of benzene rings is 1. The van der Waals surface area contributed by atoms with Crippen LogP contribution in [0.2, 0.25) is 0 Å². The Morgan fingerprint density at radius 3 is 3.06 bits per heavy atom. The molecule has 4 nitrogen and oxygen atoms in total. The number of phenolic OH excluding ortho intramolecular Hbond substituents is 1. The van der Waals surface area contributed by atoms with Crippen molar-refractivity contribution in [3.05, 3.63) is 23.8 Å². The van der Waals surface area contributed by atoms with E-state index in [1.54, 1.807) is 17.0 Å². The Kier molecular flexibility index (Phi) is 2.52. The summed E-state index contributed by atoms with van der Waals surface area (Å²) in [5.74, 6) is 0.328. The maximum absolute atomic E-state index is 12.1. The molecule has 17 heavy (non-hydrogen) atoms. The zero-order chi connectivity index (χ0) is 11.8. The van der Waals surface area contributed by atoms with Gasteiger partial charge in [-0.25, -0.2) is 0 Å². The van der Waals surface area contributed by atoms with Crippen molar-refractivity contribution in [2.75, 3.05) is 18.0 Å². The second-order valence-corrected chi connectivity index (χ2v) is 4.73. The molecule has 2 N–H and O–H groups in total. The summed E-state index contributed by atoms with van der Waals surface area (Å²) in [7, 11) is 0. The van der Waals surface area contributed by atoms with Crippen LogP contribution in [-0.4, -0.2) is 30.1 Å². The van der Waals surface area contributed by atoms with Crippen LogP contribution in [0.25, 0.3) is 0 Å². The van der Waals surface area contributed by atoms with Crippen LogP contribution in [0.3, 0.4) is 0 Å². The van der Waals surface area contributed by atoms with Crippen molar-refractivity contribution in [3.8, 4) is 5.75 Å². The van der Waals surface area contributed by atoms with Gasteiger partial charge in [0.2, 0.25) is 5.91 Å². The summed E-state index contributed by atoms with van der Waals surface area (Å²) in [6.07, 6.45) is 2.50. The first kappa shape index (κ1) is 10.6. The molecule has 0 aromatic heterocycles. The first-order valence-electron chi connectivity index (χ1n) is 6.11. The van der Waals surface area contributed by atoms with Gasteiger partial charge < -0.3 is 15.3 Å².